The summed E-state index contributed by atoms with van der Waals surface area (Å²) in [5.74, 6) is 1.63. The third-order valence-corrected chi connectivity index (χ3v) is 6.89. The normalized spacial score (nSPS) is 18.0. The average molecular weight is 510 g/mol. The van der Waals surface area contributed by atoms with E-state index in [2.05, 4.69) is 32.8 Å². The molecule has 5 nitrogen and oxygen atoms in total. The minimum absolute atomic E-state index is 0.399. The third-order valence-electron chi connectivity index (χ3n) is 5.18. The van der Waals surface area contributed by atoms with Crippen molar-refractivity contribution >= 4 is 49.5 Å². The van der Waals surface area contributed by atoms with Crippen LogP contribution in [-0.2, 0) is 9.31 Å². The lowest BCUT2D eigenvalue weighted by Gasteiger charge is -2.32. The van der Waals surface area contributed by atoms with Gasteiger partial charge in [0.05, 0.1) is 18.3 Å². The van der Waals surface area contributed by atoms with Gasteiger partial charge in [-0.05, 0) is 45.3 Å². The van der Waals surface area contributed by atoms with Crippen LogP contribution in [0.5, 0.6) is 5.75 Å². The SMILES string of the molecule is C=C(/C=N\c1cc(-c2ccccc2OC)cn1SI)B1OC(C)(C)C(C)(C)O1. The summed E-state index contributed by atoms with van der Waals surface area (Å²) in [4.78, 5) is 4.63. The topological polar surface area (TPSA) is 45.0 Å². The number of hydrogen-bond acceptors (Lipinski definition) is 5. The Morgan fingerprint density at radius 2 is 1.89 bits per heavy atom. The number of methoxy groups -OCH3 is 1. The van der Waals surface area contributed by atoms with Gasteiger partial charge in [-0.2, -0.15) is 0 Å². The van der Waals surface area contributed by atoms with Gasteiger partial charge < -0.3 is 14.0 Å². The van der Waals surface area contributed by atoms with Crippen molar-refractivity contribution in [1.82, 2.24) is 3.97 Å². The Hall–Kier alpha value is -1.23. The Kier molecular flexibility index (Phi) is 6.33. The molecule has 1 aromatic carbocycles. The number of hydrogen-bond donors (Lipinski definition) is 0. The van der Waals surface area contributed by atoms with Gasteiger partial charge in [0, 0.05) is 53.9 Å². The molecule has 0 saturated carbocycles. The summed E-state index contributed by atoms with van der Waals surface area (Å²) in [5.41, 5.74) is 1.95. The van der Waals surface area contributed by atoms with Gasteiger partial charge in [-0.1, -0.05) is 24.8 Å². The van der Waals surface area contributed by atoms with E-state index >= 15 is 0 Å². The largest absolute Gasteiger partial charge is 0.496 e. The molecule has 0 N–H and O–H groups in total. The van der Waals surface area contributed by atoms with Crippen LogP contribution < -0.4 is 4.74 Å². The molecule has 1 aliphatic rings. The van der Waals surface area contributed by atoms with Crippen LogP contribution in [-0.4, -0.2) is 35.6 Å². The Labute approximate surface area is 183 Å². The highest BCUT2D eigenvalue weighted by atomic mass is 127. The summed E-state index contributed by atoms with van der Waals surface area (Å²) in [7, 11) is 2.72. The molecule has 28 heavy (non-hydrogen) atoms. The smallest absolute Gasteiger partial charge is 0.495 e. The van der Waals surface area contributed by atoms with Gasteiger partial charge in [0.25, 0.3) is 0 Å². The number of benzene rings is 1. The van der Waals surface area contributed by atoms with Crippen LogP contribution in [0, 0.1) is 0 Å². The van der Waals surface area contributed by atoms with Crippen LogP contribution in [0.25, 0.3) is 11.1 Å². The van der Waals surface area contributed by atoms with Crippen LogP contribution in [0.2, 0.25) is 0 Å². The van der Waals surface area contributed by atoms with Crippen LogP contribution in [0.3, 0.4) is 0 Å². The second-order valence-electron chi connectivity index (χ2n) is 7.60. The Morgan fingerprint density at radius 3 is 2.50 bits per heavy atom. The molecule has 0 amide bonds. The summed E-state index contributed by atoms with van der Waals surface area (Å²) in [6.45, 7) is 12.2. The molecule has 0 unspecified atom stereocenters. The molecule has 2 heterocycles. The molecule has 0 atom stereocenters. The molecule has 1 aromatic heterocycles. The number of aliphatic imine (C=N–C) groups is 1. The molecule has 3 rings (SSSR count). The molecule has 0 radical (unpaired) electrons. The molecular formula is C20H24BIN2O3S. The maximum Gasteiger partial charge on any atom is 0.495 e. The molecule has 2 aromatic rings. The molecule has 1 fully saturated rings. The van der Waals surface area contributed by atoms with Gasteiger partial charge in [0.15, 0.2) is 0 Å². The first-order valence-electron chi connectivity index (χ1n) is 8.92. The molecule has 0 spiro atoms. The van der Waals surface area contributed by atoms with Crippen molar-refractivity contribution in [1.29, 1.82) is 0 Å². The second-order valence-corrected chi connectivity index (χ2v) is 9.32. The van der Waals surface area contributed by atoms with Crippen LogP contribution >= 0.6 is 30.3 Å². The first-order chi connectivity index (χ1) is 13.2. The maximum atomic E-state index is 6.03. The van der Waals surface area contributed by atoms with Crippen molar-refractivity contribution in [3.63, 3.8) is 0 Å². The van der Waals surface area contributed by atoms with E-state index in [1.165, 1.54) is 0 Å². The Bertz CT molecular complexity index is 895. The molecule has 8 heteroatoms. The van der Waals surface area contributed by atoms with E-state index in [9.17, 15) is 0 Å². The standard InChI is InChI=1S/C20H24BIN2O3S/c1-14(21-26-19(2,3)20(4,5)27-21)12-23-18-11-15(13-24(18)28-22)16-9-7-8-10-17(16)25-6/h7-13H,1H2,2-6H3/b23-12-. The lowest BCUT2D eigenvalue weighted by Crippen LogP contribution is -2.41. The Balaban J connectivity index is 1.83. The first kappa shape index (κ1) is 21.5. The summed E-state index contributed by atoms with van der Waals surface area (Å²) in [6.07, 6.45) is 3.76. The minimum Gasteiger partial charge on any atom is -0.496 e. The number of allylic oxidation sites excluding steroid dienone is 1. The van der Waals surface area contributed by atoms with E-state index in [-0.39, 0.29) is 0 Å². The van der Waals surface area contributed by atoms with E-state index in [0.717, 1.165) is 22.7 Å². The van der Waals surface area contributed by atoms with E-state index in [4.69, 9.17) is 14.0 Å². The summed E-state index contributed by atoms with van der Waals surface area (Å²) in [6, 6.07) is 9.97. The number of rotatable bonds is 6. The van der Waals surface area contributed by atoms with Gasteiger partial charge in [0.2, 0.25) is 0 Å². The number of aromatic nitrogens is 1. The summed E-state index contributed by atoms with van der Waals surface area (Å²) in [5, 5.41) is 0. The Morgan fingerprint density at radius 1 is 1.25 bits per heavy atom. The summed E-state index contributed by atoms with van der Waals surface area (Å²) >= 11 is 2.24. The molecule has 1 saturated heterocycles. The molecule has 0 aliphatic carbocycles. The maximum absolute atomic E-state index is 6.03. The number of halogens is 1. The number of ether oxygens (including phenoxy) is 1. The van der Waals surface area contributed by atoms with Crippen molar-refractivity contribution in [3.8, 4) is 16.9 Å². The van der Waals surface area contributed by atoms with Crippen molar-refractivity contribution in [2.24, 2.45) is 4.99 Å². The number of nitrogens with zero attached hydrogens (tertiary/aromatic N) is 2. The highest BCUT2D eigenvalue weighted by molar-refractivity contribution is 14.2. The highest BCUT2D eigenvalue weighted by Crippen LogP contribution is 2.39. The van der Waals surface area contributed by atoms with Crippen molar-refractivity contribution in [2.45, 2.75) is 38.9 Å². The van der Waals surface area contributed by atoms with E-state index in [0.29, 0.717) is 5.47 Å². The van der Waals surface area contributed by atoms with Crippen molar-refractivity contribution in [2.75, 3.05) is 7.11 Å². The molecular weight excluding hydrogens is 486 g/mol. The molecule has 148 valence electrons. The lowest BCUT2D eigenvalue weighted by atomic mass is 9.80. The lowest BCUT2D eigenvalue weighted by molar-refractivity contribution is 0.00578. The first-order valence-corrected chi connectivity index (χ1v) is 12.2. The van der Waals surface area contributed by atoms with Crippen LogP contribution in [0.15, 0.2) is 53.6 Å². The quantitative estimate of drug-likeness (QED) is 0.276. The third kappa shape index (κ3) is 4.20. The number of para-hydroxylation sites is 1. The zero-order valence-electron chi connectivity index (χ0n) is 16.7. The minimum atomic E-state index is -0.502. The average Bonchev–Trinajstić information content (AvgIpc) is 3.17. The predicted molar refractivity (Wildman–Crippen MR) is 127 cm³/mol. The second kappa shape index (κ2) is 8.26. The van der Waals surface area contributed by atoms with Gasteiger partial charge >= 0.3 is 7.12 Å². The van der Waals surface area contributed by atoms with E-state index in [1.807, 2.05) is 68.2 Å². The van der Waals surface area contributed by atoms with Crippen molar-refractivity contribution < 1.29 is 14.0 Å². The fourth-order valence-electron chi connectivity index (χ4n) is 2.82. The fraction of sp³-hybridized carbons (Fsp3) is 0.350. The zero-order valence-corrected chi connectivity index (χ0v) is 19.7. The van der Waals surface area contributed by atoms with Crippen LogP contribution in [0.4, 0.5) is 5.82 Å². The van der Waals surface area contributed by atoms with Gasteiger partial charge in [-0.3, -0.25) is 3.97 Å². The molecule has 1 aliphatic heterocycles. The van der Waals surface area contributed by atoms with E-state index in [1.54, 1.807) is 22.4 Å². The van der Waals surface area contributed by atoms with E-state index < -0.39 is 18.3 Å². The van der Waals surface area contributed by atoms with Crippen LogP contribution in [0.1, 0.15) is 27.7 Å². The van der Waals surface area contributed by atoms with Crippen molar-refractivity contribution in [3.05, 3.63) is 48.6 Å². The fourth-order valence-corrected chi connectivity index (χ4v) is 4.09. The molecule has 0 bridgehead atoms. The zero-order chi connectivity index (χ0) is 20.5. The highest BCUT2D eigenvalue weighted by Gasteiger charge is 2.51. The van der Waals surface area contributed by atoms with Gasteiger partial charge in [-0.15, -0.1) is 0 Å². The van der Waals surface area contributed by atoms with Gasteiger partial charge in [0.1, 0.15) is 11.6 Å². The van der Waals surface area contributed by atoms with Gasteiger partial charge in [-0.25, -0.2) is 4.99 Å². The monoisotopic (exact) mass is 510 g/mol. The predicted octanol–water partition coefficient (Wildman–Crippen LogP) is 5.90. The summed E-state index contributed by atoms with van der Waals surface area (Å²) < 4.78 is 19.5.